The molecular weight excluding hydrogens is 297 g/mol. The average Bonchev–Trinajstić information content (AvgIpc) is 2.36. The Hall–Kier alpha value is -1.57. The molecule has 0 unspecified atom stereocenters. The average molecular weight is 313 g/mol. The van der Waals surface area contributed by atoms with E-state index in [9.17, 15) is 22.0 Å². The summed E-state index contributed by atoms with van der Waals surface area (Å²) in [5.74, 6) is 0.0267. The zero-order chi connectivity index (χ0) is 15.9. The summed E-state index contributed by atoms with van der Waals surface area (Å²) in [5, 5.41) is 2.62. The molecular formula is C13H16F5NO2. The highest BCUT2D eigenvalue weighted by molar-refractivity contribution is 5.43. The van der Waals surface area contributed by atoms with Gasteiger partial charge in [0.15, 0.2) is 11.5 Å². The summed E-state index contributed by atoms with van der Waals surface area (Å²) in [6.45, 7) is -1.08. The Balaban J connectivity index is 2.61. The summed E-state index contributed by atoms with van der Waals surface area (Å²) in [6.07, 6.45) is -5.14. The summed E-state index contributed by atoms with van der Waals surface area (Å²) < 4.78 is 69.8. The fourth-order valence-electron chi connectivity index (χ4n) is 1.59. The number of hydrogen-bond donors (Lipinski definition) is 1. The quantitative estimate of drug-likeness (QED) is 0.586. The first-order chi connectivity index (χ1) is 9.81. The molecule has 0 heterocycles. The molecule has 1 N–H and O–H groups in total. The molecule has 0 aliphatic rings. The zero-order valence-electron chi connectivity index (χ0n) is 11.3. The van der Waals surface area contributed by atoms with E-state index in [0.29, 0.717) is 5.56 Å². The predicted molar refractivity (Wildman–Crippen MR) is 66.6 cm³/mol. The maximum atomic E-state index is 12.2. The van der Waals surface area contributed by atoms with E-state index in [1.807, 2.05) is 0 Å². The van der Waals surface area contributed by atoms with E-state index in [2.05, 4.69) is 10.1 Å². The largest absolute Gasteiger partial charge is 0.490 e. The smallest absolute Gasteiger partial charge is 0.390 e. The highest BCUT2D eigenvalue weighted by atomic mass is 19.4. The minimum absolute atomic E-state index is 0.106. The lowest BCUT2D eigenvalue weighted by atomic mass is 10.2. The third kappa shape index (κ3) is 7.12. The Bertz CT molecular complexity index is 437. The molecule has 21 heavy (non-hydrogen) atoms. The maximum absolute atomic E-state index is 12.2. The van der Waals surface area contributed by atoms with Gasteiger partial charge in [-0.2, -0.15) is 22.0 Å². The van der Waals surface area contributed by atoms with Gasteiger partial charge in [0.2, 0.25) is 0 Å². The summed E-state index contributed by atoms with van der Waals surface area (Å²) in [7, 11) is 0. The second-order valence-corrected chi connectivity index (χ2v) is 4.13. The molecule has 1 aromatic rings. The first-order valence-electron chi connectivity index (χ1n) is 6.30. The van der Waals surface area contributed by atoms with Gasteiger partial charge in [-0.15, -0.1) is 0 Å². The molecule has 120 valence electrons. The first kappa shape index (κ1) is 17.5. The topological polar surface area (TPSA) is 30.5 Å². The standard InChI is InChI=1S/C13H16F5NO2/c1-2-20-11-7-9(3-4-10(11)21-12(14)15)8-19-6-5-13(16,17)18/h3-4,7,12,19H,2,5-6,8H2,1H3. The van der Waals surface area contributed by atoms with Crippen LogP contribution in [0.4, 0.5) is 22.0 Å². The molecule has 8 heteroatoms. The number of nitrogens with one attached hydrogen (secondary N) is 1. The number of benzene rings is 1. The van der Waals surface area contributed by atoms with Crippen LogP contribution in [0.3, 0.4) is 0 Å². The predicted octanol–water partition coefficient (Wildman–Crippen LogP) is 3.73. The molecule has 0 saturated carbocycles. The molecule has 3 nitrogen and oxygen atoms in total. The third-order valence-electron chi connectivity index (χ3n) is 2.44. The zero-order valence-corrected chi connectivity index (χ0v) is 11.3. The van der Waals surface area contributed by atoms with Crippen molar-refractivity contribution < 1.29 is 31.4 Å². The molecule has 0 amide bonds. The first-order valence-corrected chi connectivity index (χ1v) is 6.30. The Labute approximate surface area is 119 Å². The molecule has 0 aliphatic carbocycles. The number of rotatable bonds is 8. The van der Waals surface area contributed by atoms with Crippen LogP contribution in [-0.2, 0) is 6.54 Å². The molecule has 0 spiro atoms. The Morgan fingerprint density at radius 2 is 1.90 bits per heavy atom. The van der Waals surface area contributed by atoms with Gasteiger partial charge in [0.25, 0.3) is 0 Å². The van der Waals surface area contributed by atoms with Crippen LogP contribution >= 0.6 is 0 Å². The summed E-state index contributed by atoms with van der Waals surface area (Å²) in [4.78, 5) is 0. The van der Waals surface area contributed by atoms with E-state index in [1.54, 1.807) is 6.92 Å². The minimum Gasteiger partial charge on any atom is -0.490 e. The van der Waals surface area contributed by atoms with Crippen molar-refractivity contribution in [1.82, 2.24) is 5.32 Å². The molecule has 1 rings (SSSR count). The lowest BCUT2D eigenvalue weighted by Crippen LogP contribution is -2.21. The van der Waals surface area contributed by atoms with Gasteiger partial charge in [0.05, 0.1) is 13.0 Å². The second-order valence-electron chi connectivity index (χ2n) is 4.13. The SMILES string of the molecule is CCOc1cc(CNCCC(F)(F)F)ccc1OC(F)F. The van der Waals surface area contributed by atoms with Crippen molar-refractivity contribution >= 4 is 0 Å². The molecule has 1 aromatic carbocycles. The number of alkyl halides is 5. The van der Waals surface area contributed by atoms with Crippen LogP contribution in [-0.4, -0.2) is 25.9 Å². The van der Waals surface area contributed by atoms with Gasteiger partial charge < -0.3 is 14.8 Å². The second kappa shape index (κ2) is 8.02. The van der Waals surface area contributed by atoms with E-state index < -0.39 is 19.2 Å². The fourth-order valence-corrected chi connectivity index (χ4v) is 1.59. The Kier molecular flexibility index (Phi) is 6.67. The van der Waals surface area contributed by atoms with Crippen LogP contribution in [0.5, 0.6) is 11.5 Å². The Morgan fingerprint density at radius 3 is 2.48 bits per heavy atom. The fraction of sp³-hybridized carbons (Fsp3) is 0.538. The molecule has 0 atom stereocenters. The van der Waals surface area contributed by atoms with Crippen LogP contribution in [0.1, 0.15) is 18.9 Å². The summed E-state index contributed by atoms with van der Waals surface area (Å²) in [5.41, 5.74) is 0.613. The Morgan fingerprint density at radius 1 is 1.19 bits per heavy atom. The van der Waals surface area contributed by atoms with Crippen molar-refractivity contribution in [3.8, 4) is 11.5 Å². The van der Waals surface area contributed by atoms with Gasteiger partial charge >= 0.3 is 12.8 Å². The van der Waals surface area contributed by atoms with Crippen LogP contribution in [0, 0.1) is 0 Å². The van der Waals surface area contributed by atoms with Crippen molar-refractivity contribution in [2.45, 2.75) is 32.7 Å². The molecule has 0 saturated heterocycles. The summed E-state index contributed by atoms with van der Waals surface area (Å²) >= 11 is 0. The number of halogens is 5. The van der Waals surface area contributed by atoms with Gasteiger partial charge in [-0.3, -0.25) is 0 Å². The van der Waals surface area contributed by atoms with E-state index in [-0.39, 0.29) is 31.2 Å². The molecule has 0 bridgehead atoms. The highest BCUT2D eigenvalue weighted by Gasteiger charge is 2.25. The third-order valence-corrected chi connectivity index (χ3v) is 2.44. The van der Waals surface area contributed by atoms with Crippen molar-refractivity contribution in [3.63, 3.8) is 0 Å². The van der Waals surface area contributed by atoms with Crippen molar-refractivity contribution in [1.29, 1.82) is 0 Å². The lowest BCUT2D eigenvalue weighted by molar-refractivity contribution is -0.133. The van der Waals surface area contributed by atoms with E-state index in [4.69, 9.17) is 4.74 Å². The van der Waals surface area contributed by atoms with Crippen LogP contribution in [0.2, 0.25) is 0 Å². The van der Waals surface area contributed by atoms with E-state index in [0.717, 1.165) is 0 Å². The van der Waals surface area contributed by atoms with Gasteiger partial charge in [-0.1, -0.05) is 6.07 Å². The van der Waals surface area contributed by atoms with Gasteiger partial charge in [-0.25, -0.2) is 0 Å². The van der Waals surface area contributed by atoms with Crippen molar-refractivity contribution in [2.75, 3.05) is 13.2 Å². The van der Waals surface area contributed by atoms with Crippen molar-refractivity contribution in [3.05, 3.63) is 23.8 Å². The van der Waals surface area contributed by atoms with Crippen molar-refractivity contribution in [2.24, 2.45) is 0 Å². The molecule has 0 radical (unpaired) electrons. The van der Waals surface area contributed by atoms with E-state index in [1.165, 1.54) is 18.2 Å². The lowest BCUT2D eigenvalue weighted by Gasteiger charge is -2.13. The molecule has 0 aliphatic heterocycles. The number of ether oxygens (including phenoxy) is 2. The van der Waals surface area contributed by atoms with Gasteiger partial charge in [0.1, 0.15) is 0 Å². The van der Waals surface area contributed by atoms with Crippen LogP contribution in [0.15, 0.2) is 18.2 Å². The van der Waals surface area contributed by atoms with Gasteiger partial charge in [0, 0.05) is 13.1 Å². The highest BCUT2D eigenvalue weighted by Crippen LogP contribution is 2.29. The molecule has 0 aromatic heterocycles. The monoisotopic (exact) mass is 313 g/mol. The minimum atomic E-state index is -4.21. The summed E-state index contributed by atoms with van der Waals surface area (Å²) in [6, 6.07) is 4.25. The molecule has 0 fully saturated rings. The normalized spacial score (nSPS) is 11.8. The van der Waals surface area contributed by atoms with Crippen LogP contribution in [0.25, 0.3) is 0 Å². The van der Waals surface area contributed by atoms with Gasteiger partial charge in [-0.05, 0) is 24.6 Å². The van der Waals surface area contributed by atoms with E-state index >= 15 is 0 Å². The number of hydrogen-bond acceptors (Lipinski definition) is 3. The maximum Gasteiger partial charge on any atom is 0.390 e. The van der Waals surface area contributed by atoms with Crippen LogP contribution < -0.4 is 14.8 Å².